The summed E-state index contributed by atoms with van der Waals surface area (Å²) in [6.07, 6.45) is 5.58. The highest BCUT2D eigenvalue weighted by Crippen LogP contribution is 2.52. The van der Waals surface area contributed by atoms with Gasteiger partial charge in [-0.1, -0.05) is 0 Å². The molecule has 158 valence electrons. The normalized spacial score (nSPS) is 24.2. The Morgan fingerprint density at radius 1 is 1.23 bits per heavy atom. The molecule has 2 amide bonds. The van der Waals surface area contributed by atoms with Gasteiger partial charge in [-0.2, -0.15) is 5.10 Å². The van der Waals surface area contributed by atoms with Crippen molar-refractivity contribution in [2.75, 3.05) is 18.0 Å². The molecule has 8 heteroatoms. The van der Waals surface area contributed by atoms with Crippen LogP contribution in [0.15, 0.2) is 12.1 Å². The molecule has 5 rings (SSSR count). The maximum atomic E-state index is 15.1. The second-order valence-corrected chi connectivity index (χ2v) is 9.12. The molecule has 0 bridgehead atoms. The van der Waals surface area contributed by atoms with Crippen LogP contribution in [0.3, 0.4) is 0 Å². The minimum absolute atomic E-state index is 0.199. The molecule has 2 aromatic rings. The predicted molar refractivity (Wildman–Crippen MR) is 108 cm³/mol. The number of aryl methyl sites for hydroxylation is 1. The smallest absolute Gasteiger partial charge is 0.235 e. The Labute approximate surface area is 173 Å². The van der Waals surface area contributed by atoms with Gasteiger partial charge in [0.15, 0.2) is 0 Å². The largest absolute Gasteiger partial charge is 0.369 e. The van der Waals surface area contributed by atoms with E-state index in [-0.39, 0.29) is 35.4 Å². The van der Waals surface area contributed by atoms with Gasteiger partial charge in [-0.15, -0.1) is 0 Å². The van der Waals surface area contributed by atoms with E-state index in [1.54, 1.807) is 11.7 Å². The zero-order valence-electron chi connectivity index (χ0n) is 17.0. The second kappa shape index (κ2) is 6.89. The zero-order valence-corrected chi connectivity index (χ0v) is 17.0. The Kier molecular flexibility index (Phi) is 4.41. The Balaban J connectivity index is 1.41. The van der Waals surface area contributed by atoms with E-state index in [1.165, 1.54) is 6.07 Å². The third kappa shape index (κ3) is 3.00. The van der Waals surface area contributed by atoms with Crippen molar-refractivity contribution in [1.29, 1.82) is 0 Å². The van der Waals surface area contributed by atoms with Gasteiger partial charge in [-0.05, 0) is 49.7 Å². The van der Waals surface area contributed by atoms with Crippen LogP contribution in [0.25, 0.3) is 10.9 Å². The number of hydrogen-bond acceptors (Lipinski definition) is 5. The molecule has 3 heterocycles. The van der Waals surface area contributed by atoms with Gasteiger partial charge in [0, 0.05) is 37.9 Å². The summed E-state index contributed by atoms with van der Waals surface area (Å²) in [4.78, 5) is 36.8. The molecule has 2 saturated heterocycles. The SMILES string of the molecule is Cn1nc(C2CCC(=O)NC2=O)c2cc(F)c(N3CCC4(CC3)CC(C=O)C4)cc21. The van der Waals surface area contributed by atoms with E-state index in [0.29, 0.717) is 23.2 Å². The first-order valence-corrected chi connectivity index (χ1v) is 10.6. The molecule has 3 aliphatic rings. The average molecular weight is 412 g/mol. The first kappa shape index (κ1) is 19.2. The third-order valence-electron chi connectivity index (χ3n) is 7.26. The molecular weight excluding hydrogens is 387 g/mol. The lowest BCUT2D eigenvalue weighted by Gasteiger charge is -2.51. The molecule has 7 nitrogen and oxygen atoms in total. The van der Waals surface area contributed by atoms with Crippen molar-refractivity contribution in [3.63, 3.8) is 0 Å². The maximum absolute atomic E-state index is 15.1. The fraction of sp³-hybridized carbons (Fsp3) is 0.545. The number of carbonyl (C=O) groups is 3. The number of carbonyl (C=O) groups excluding carboxylic acids is 3. The molecule has 1 aliphatic carbocycles. The van der Waals surface area contributed by atoms with Crippen LogP contribution in [-0.4, -0.2) is 41.0 Å². The summed E-state index contributed by atoms with van der Waals surface area (Å²) < 4.78 is 16.8. The van der Waals surface area contributed by atoms with Crippen LogP contribution in [0.4, 0.5) is 10.1 Å². The van der Waals surface area contributed by atoms with Crippen LogP contribution in [0.1, 0.15) is 50.1 Å². The van der Waals surface area contributed by atoms with Crippen molar-refractivity contribution in [3.8, 4) is 0 Å². The minimum atomic E-state index is -0.545. The summed E-state index contributed by atoms with van der Waals surface area (Å²) in [5, 5.41) is 7.48. The fourth-order valence-corrected chi connectivity index (χ4v) is 5.53. The predicted octanol–water partition coefficient (Wildman–Crippen LogP) is 2.43. The topological polar surface area (TPSA) is 84.3 Å². The second-order valence-electron chi connectivity index (χ2n) is 9.12. The van der Waals surface area contributed by atoms with Crippen LogP contribution >= 0.6 is 0 Å². The van der Waals surface area contributed by atoms with Crippen molar-refractivity contribution in [3.05, 3.63) is 23.6 Å². The number of hydrogen-bond donors (Lipinski definition) is 1. The minimum Gasteiger partial charge on any atom is -0.369 e. The van der Waals surface area contributed by atoms with Crippen LogP contribution in [0.5, 0.6) is 0 Å². The number of benzene rings is 1. The molecule has 1 saturated carbocycles. The quantitative estimate of drug-likeness (QED) is 0.618. The first-order chi connectivity index (χ1) is 14.4. The van der Waals surface area contributed by atoms with Gasteiger partial charge < -0.3 is 9.69 Å². The number of aldehydes is 1. The van der Waals surface area contributed by atoms with Gasteiger partial charge in [0.25, 0.3) is 0 Å². The van der Waals surface area contributed by atoms with Gasteiger partial charge in [0.05, 0.1) is 22.8 Å². The summed E-state index contributed by atoms with van der Waals surface area (Å²) in [6.45, 7) is 1.54. The highest BCUT2D eigenvalue weighted by atomic mass is 19.1. The van der Waals surface area contributed by atoms with Crippen molar-refractivity contribution < 1.29 is 18.8 Å². The van der Waals surface area contributed by atoms with E-state index in [1.807, 2.05) is 6.07 Å². The zero-order chi connectivity index (χ0) is 21.0. The van der Waals surface area contributed by atoms with Crippen LogP contribution < -0.4 is 10.2 Å². The molecule has 1 unspecified atom stereocenters. The fourth-order valence-electron chi connectivity index (χ4n) is 5.53. The lowest BCUT2D eigenvalue weighted by Crippen LogP contribution is -2.47. The summed E-state index contributed by atoms with van der Waals surface area (Å²) in [5.74, 6) is -1.31. The van der Waals surface area contributed by atoms with Gasteiger partial charge in [0.2, 0.25) is 11.8 Å². The number of fused-ring (bicyclic) bond motifs is 1. The molecule has 1 atom stereocenters. The number of nitrogens with one attached hydrogen (secondary N) is 1. The first-order valence-electron chi connectivity index (χ1n) is 10.6. The number of nitrogens with zero attached hydrogens (tertiary/aromatic N) is 3. The summed E-state index contributed by atoms with van der Waals surface area (Å²) in [7, 11) is 1.79. The Hall–Kier alpha value is -2.77. The summed E-state index contributed by atoms with van der Waals surface area (Å²) >= 11 is 0. The number of piperidine rings is 2. The lowest BCUT2D eigenvalue weighted by atomic mass is 9.58. The van der Waals surface area contributed by atoms with Crippen molar-refractivity contribution in [1.82, 2.24) is 15.1 Å². The Morgan fingerprint density at radius 3 is 2.63 bits per heavy atom. The molecule has 2 aliphatic heterocycles. The number of aromatic nitrogens is 2. The lowest BCUT2D eigenvalue weighted by molar-refractivity contribution is -0.134. The molecule has 1 aromatic heterocycles. The maximum Gasteiger partial charge on any atom is 0.235 e. The molecule has 1 aromatic carbocycles. The van der Waals surface area contributed by atoms with Gasteiger partial charge in [-0.3, -0.25) is 19.6 Å². The van der Waals surface area contributed by atoms with Gasteiger partial charge in [0.1, 0.15) is 12.1 Å². The van der Waals surface area contributed by atoms with Gasteiger partial charge >= 0.3 is 0 Å². The van der Waals surface area contributed by atoms with Crippen molar-refractivity contribution in [2.45, 2.75) is 44.4 Å². The molecule has 3 fully saturated rings. The van der Waals surface area contributed by atoms with E-state index < -0.39 is 5.92 Å². The van der Waals surface area contributed by atoms with Crippen LogP contribution in [-0.2, 0) is 21.4 Å². The van der Waals surface area contributed by atoms with Gasteiger partial charge in [-0.25, -0.2) is 4.39 Å². The van der Waals surface area contributed by atoms with E-state index in [0.717, 1.165) is 50.6 Å². The van der Waals surface area contributed by atoms with Crippen LogP contribution in [0, 0.1) is 17.2 Å². The van der Waals surface area contributed by atoms with E-state index in [4.69, 9.17) is 0 Å². The average Bonchev–Trinajstić information content (AvgIpc) is 3.01. The van der Waals surface area contributed by atoms with Crippen LogP contribution in [0.2, 0.25) is 0 Å². The number of anilines is 1. The molecule has 1 spiro atoms. The van der Waals surface area contributed by atoms with Crippen molar-refractivity contribution >= 4 is 34.7 Å². The highest BCUT2D eigenvalue weighted by Gasteiger charge is 2.45. The number of amides is 2. The molecule has 30 heavy (non-hydrogen) atoms. The standard InChI is InChI=1S/C22H25FN4O3/c1-26-17-9-18(27-6-4-22(5-7-27)10-13(11-22)12-28)16(23)8-15(17)20(25-26)14-2-3-19(29)24-21(14)30/h8-9,12-14H,2-7,10-11H2,1H3,(H,24,29,30). The number of rotatable bonds is 3. The Bertz CT molecular complexity index is 1050. The third-order valence-corrected chi connectivity index (χ3v) is 7.26. The van der Waals surface area contributed by atoms with Crippen molar-refractivity contribution in [2.24, 2.45) is 18.4 Å². The molecular formula is C22H25FN4O3. The monoisotopic (exact) mass is 412 g/mol. The number of imide groups is 1. The summed E-state index contributed by atoms with van der Waals surface area (Å²) in [6, 6.07) is 3.30. The van der Waals surface area contributed by atoms with E-state index in [2.05, 4.69) is 15.3 Å². The highest BCUT2D eigenvalue weighted by molar-refractivity contribution is 6.02. The van der Waals surface area contributed by atoms with E-state index in [9.17, 15) is 14.4 Å². The number of halogens is 1. The molecule has 1 N–H and O–H groups in total. The molecule has 0 radical (unpaired) electrons. The van der Waals surface area contributed by atoms with E-state index >= 15 is 4.39 Å². The Morgan fingerprint density at radius 2 is 1.97 bits per heavy atom. The summed E-state index contributed by atoms with van der Waals surface area (Å²) in [5.41, 5.74) is 2.11.